The smallest absolute Gasteiger partial charge is 0.222 e. The summed E-state index contributed by atoms with van der Waals surface area (Å²) in [6.45, 7) is 3.90. The van der Waals surface area contributed by atoms with Crippen LogP contribution in [-0.2, 0) is 13.1 Å². The molecule has 2 aliphatic heterocycles. The normalized spacial score (nSPS) is 19.9. The molecular formula is C11H17N5. The lowest BCUT2D eigenvalue weighted by molar-refractivity contribution is 0.571. The number of hydrogen-bond donors (Lipinski definition) is 2. The molecule has 3 heterocycles. The van der Waals surface area contributed by atoms with E-state index in [-0.39, 0.29) is 0 Å². The van der Waals surface area contributed by atoms with Gasteiger partial charge in [0.1, 0.15) is 5.82 Å². The second kappa shape index (κ2) is 3.90. The van der Waals surface area contributed by atoms with Gasteiger partial charge >= 0.3 is 0 Å². The van der Waals surface area contributed by atoms with E-state index < -0.39 is 0 Å². The summed E-state index contributed by atoms with van der Waals surface area (Å²) in [6, 6.07) is 0. The number of nitrogens with two attached hydrogens (primary N) is 1. The Hall–Kier alpha value is -1.36. The molecule has 86 valence electrons. The minimum Gasteiger partial charge on any atom is -0.368 e. The van der Waals surface area contributed by atoms with Gasteiger partial charge in [-0.2, -0.15) is 4.98 Å². The van der Waals surface area contributed by atoms with E-state index in [0.717, 1.165) is 37.7 Å². The van der Waals surface area contributed by atoms with Crippen LogP contribution in [0.1, 0.15) is 30.5 Å². The molecule has 3 N–H and O–H groups in total. The molecule has 0 atom stereocenters. The van der Waals surface area contributed by atoms with Crippen molar-refractivity contribution in [2.24, 2.45) is 0 Å². The van der Waals surface area contributed by atoms with Gasteiger partial charge in [-0.1, -0.05) is 0 Å². The number of rotatable bonds is 1. The molecular weight excluding hydrogens is 202 g/mol. The second-order valence-corrected chi connectivity index (χ2v) is 4.48. The van der Waals surface area contributed by atoms with Crippen molar-refractivity contribution in [2.45, 2.75) is 32.4 Å². The lowest BCUT2D eigenvalue weighted by Gasteiger charge is -2.29. The largest absolute Gasteiger partial charge is 0.368 e. The molecule has 0 bridgehead atoms. The number of anilines is 2. The van der Waals surface area contributed by atoms with Gasteiger partial charge in [0, 0.05) is 31.7 Å². The van der Waals surface area contributed by atoms with Crippen molar-refractivity contribution >= 4 is 11.8 Å². The molecule has 1 aromatic rings. The molecule has 1 aromatic heterocycles. The summed E-state index contributed by atoms with van der Waals surface area (Å²) in [6.07, 6.45) is 3.84. The molecule has 1 fully saturated rings. The Morgan fingerprint density at radius 2 is 1.88 bits per heavy atom. The van der Waals surface area contributed by atoms with Crippen LogP contribution in [0.3, 0.4) is 0 Å². The van der Waals surface area contributed by atoms with Crippen LogP contribution in [0.2, 0.25) is 0 Å². The number of piperidine rings is 1. The fourth-order valence-electron chi connectivity index (χ4n) is 2.54. The van der Waals surface area contributed by atoms with Gasteiger partial charge in [-0.3, -0.25) is 0 Å². The van der Waals surface area contributed by atoms with E-state index in [1.54, 1.807) is 0 Å². The van der Waals surface area contributed by atoms with E-state index in [4.69, 9.17) is 5.73 Å². The minimum absolute atomic E-state index is 0.406. The summed E-state index contributed by atoms with van der Waals surface area (Å²) in [5, 5.41) is 3.31. The standard InChI is InChI=1S/C11H17N5/c12-11-14-9-7-13-6-8(9)10(15-11)16-4-2-1-3-5-16/h13H,1-7H2,(H2,12,14,15). The first-order chi connectivity index (χ1) is 7.84. The highest BCUT2D eigenvalue weighted by Gasteiger charge is 2.22. The van der Waals surface area contributed by atoms with Crippen molar-refractivity contribution in [3.8, 4) is 0 Å². The number of fused-ring (bicyclic) bond motifs is 1. The van der Waals surface area contributed by atoms with E-state index >= 15 is 0 Å². The molecule has 1 saturated heterocycles. The van der Waals surface area contributed by atoms with Crippen LogP contribution in [0.5, 0.6) is 0 Å². The van der Waals surface area contributed by atoms with Crippen LogP contribution in [-0.4, -0.2) is 23.1 Å². The van der Waals surface area contributed by atoms with Crippen LogP contribution in [0.4, 0.5) is 11.8 Å². The Kier molecular flexibility index (Phi) is 2.40. The molecule has 0 spiro atoms. The van der Waals surface area contributed by atoms with Crippen LogP contribution in [0.15, 0.2) is 0 Å². The molecule has 0 saturated carbocycles. The number of nitrogens with zero attached hydrogens (tertiary/aromatic N) is 3. The van der Waals surface area contributed by atoms with Crippen molar-refractivity contribution in [3.63, 3.8) is 0 Å². The molecule has 5 nitrogen and oxygen atoms in total. The molecule has 0 radical (unpaired) electrons. The second-order valence-electron chi connectivity index (χ2n) is 4.48. The molecule has 3 rings (SSSR count). The zero-order chi connectivity index (χ0) is 11.0. The maximum Gasteiger partial charge on any atom is 0.222 e. The number of aromatic nitrogens is 2. The minimum atomic E-state index is 0.406. The van der Waals surface area contributed by atoms with Crippen LogP contribution >= 0.6 is 0 Å². The van der Waals surface area contributed by atoms with Crippen LogP contribution in [0, 0.1) is 0 Å². The van der Waals surface area contributed by atoms with Crippen molar-refractivity contribution in [2.75, 3.05) is 23.7 Å². The van der Waals surface area contributed by atoms with Crippen LogP contribution in [0.25, 0.3) is 0 Å². The van der Waals surface area contributed by atoms with Crippen molar-refractivity contribution < 1.29 is 0 Å². The van der Waals surface area contributed by atoms with Gasteiger partial charge in [0.2, 0.25) is 5.95 Å². The zero-order valence-electron chi connectivity index (χ0n) is 9.37. The summed E-state index contributed by atoms with van der Waals surface area (Å²) < 4.78 is 0. The zero-order valence-corrected chi connectivity index (χ0v) is 9.37. The molecule has 0 aliphatic carbocycles. The Bertz CT molecular complexity index is 398. The summed E-state index contributed by atoms with van der Waals surface area (Å²) in [5.74, 6) is 1.47. The van der Waals surface area contributed by atoms with Crippen LogP contribution < -0.4 is 16.0 Å². The Balaban J connectivity index is 1.99. The van der Waals surface area contributed by atoms with Gasteiger partial charge in [0.15, 0.2) is 0 Å². The average molecular weight is 219 g/mol. The van der Waals surface area contributed by atoms with Gasteiger partial charge in [-0.25, -0.2) is 4.98 Å². The lowest BCUT2D eigenvalue weighted by Crippen LogP contribution is -2.31. The summed E-state index contributed by atoms with van der Waals surface area (Å²) in [5.41, 5.74) is 8.08. The molecule has 5 heteroatoms. The first kappa shape index (κ1) is 9.84. The van der Waals surface area contributed by atoms with Gasteiger partial charge < -0.3 is 16.0 Å². The number of nitrogens with one attached hydrogen (secondary N) is 1. The van der Waals surface area contributed by atoms with E-state index in [9.17, 15) is 0 Å². The third-order valence-corrected chi connectivity index (χ3v) is 3.34. The molecule has 0 unspecified atom stereocenters. The van der Waals surface area contributed by atoms with E-state index in [1.165, 1.54) is 24.8 Å². The van der Waals surface area contributed by atoms with Gasteiger partial charge in [0.05, 0.1) is 5.69 Å². The highest BCUT2D eigenvalue weighted by atomic mass is 15.2. The topological polar surface area (TPSA) is 67.1 Å². The fraction of sp³-hybridized carbons (Fsp3) is 0.636. The molecule has 2 aliphatic rings. The van der Waals surface area contributed by atoms with E-state index in [1.807, 2.05) is 0 Å². The van der Waals surface area contributed by atoms with E-state index in [0.29, 0.717) is 5.95 Å². The summed E-state index contributed by atoms with van der Waals surface area (Å²) in [4.78, 5) is 11.1. The Morgan fingerprint density at radius 1 is 1.06 bits per heavy atom. The van der Waals surface area contributed by atoms with Gasteiger partial charge in [-0.05, 0) is 19.3 Å². The highest BCUT2D eigenvalue weighted by molar-refractivity contribution is 5.53. The Labute approximate surface area is 95.1 Å². The molecule has 16 heavy (non-hydrogen) atoms. The van der Waals surface area contributed by atoms with Gasteiger partial charge in [0.25, 0.3) is 0 Å². The third-order valence-electron chi connectivity index (χ3n) is 3.34. The number of nitrogen functional groups attached to an aromatic ring is 1. The van der Waals surface area contributed by atoms with Crippen molar-refractivity contribution in [3.05, 3.63) is 11.3 Å². The average Bonchev–Trinajstić information content (AvgIpc) is 2.77. The Morgan fingerprint density at radius 3 is 2.69 bits per heavy atom. The lowest BCUT2D eigenvalue weighted by atomic mass is 10.1. The third kappa shape index (κ3) is 1.61. The SMILES string of the molecule is Nc1nc2c(c(N3CCCCC3)n1)CNC2. The summed E-state index contributed by atoms with van der Waals surface area (Å²) in [7, 11) is 0. The summed E-state index contributed by atoms with van der Waals surface area (Å²) >= 11 is 0. The predicted molar refractivity (Wildman–Crippen MR) is 63.1 cm³/mol. The first-order valence-electron chi connectivity index (χ1n) is 5.95. The number of hydrogen-bond acceptors (Lipinski definition) is 5. The predicted octanol–water partition coefficient (Wildman–Crippen LogP) is 0.652. The molecule has 0 amide bonds. The maximum absolute atomic E-state index is 5.76. The van der Waals surface area contributed by atoms with E-state index in [2.05, 4.69) is 20.2 Å². The first-order valence-corrected chi connectivity index (χ1v) is 5.95. The quantitative estimate of drug-likeness (QED) is 0.726. The fourth-order valence-corrected chi connectivity index (χ4v) is 2.54. The van der Waals surface area contributed by atoms with Crippen molar-refractivity contribution in [1.29, 1.82) is 0 Å². The maximum atomic E-state index is 5.76. The van der Waals surface area contributed by atoms with Gasteiger partial charge in [-0.15, -0.1) is 0 Å². The monoisotopic (exact) mass is 219 g/mol. The molecule has 0 aromatic carbocycles. The van der Waals surface area contributed by atoms with Crippen molar-refractivity contribution in [1.82, 2.24) is 15.3 Å². The highest BCUT2D eigenvalue weighted by Crippen LogP contribution is 2.27.